The maximum atomic E-state index is 11.0. The van der Waals surface area contributed by atoms with Gasteiger partial charge in [-0.3, -0.25) is 4.79 Å². The van der Waals surface area contributed by atoms with Crippen molar-refractivity contribution in [2.75, 3.05) is 6.54 Å². The fraction of sp³-hybridized carbons (Fsp3) is 0.889. The smallest absolute Gasteiger partial charge is 0.320 e. The molecular formula is C9H17NO2. The van der Waals surface area contributed by atoms with Gasteiger partial charge in [-0.2, -0.15) is 0 Å². The van der Waals surface area contributed by atoms with Gasteiger partial charge in [-0.25, -0.2) is 0 Å². The Kier molecular flexibility index (Phi) is 3.09. The number of rotatable bonds is 4. The van der Waals surface area contributed by atoms with E-state index in [4.69, 9.17) is 4.74 Å². The highest BCUT2D eigenvalue weighted by Gasteiger charge is 2.32. The molecule has 0 aromatic carbocycles. The summed E-state index contributed by atoms with van der Waals surface area (Å²) in [7, 11) is 0. The monoisotopic (exact) mass is 171 g/mol. The lowest BCUT2D eigenvalue weighted by molar-refractivity contribution is -0.146. The number of esters is 1. The third kappa shape index (κ3) is 3.22. The Labute approximate surface area is 73.5 Å². The van der Waals surface area contributed by atoms with Crippen molar-refractivity contribution in [1.29, 1.82) is 0 Å². The zero-order valence-corrected chi connectivity index (χ0v) is 7.96. The van der Waals surface area contributed by atoms with Crippen molar-refractivity contribution < 1.29 is 9.53 Å². The van der Waals surface area contributed by atoms with E-state index < -0.39 is 0 Å². The first kappa shape index (κ1) is 9.52. The normalized spacial score (nSPS) is 27.3. The summed E-state index contributed by atoms with van der Waals surface area (Å²) < 4.78 is 4.96. The van der Waals surface area contributed by atoms with Crippen LogP contribution in [0.2, 0.25) is 0 Å². The standard InChI is InChI=1S/C9H17NO2/c1-6(2)12-9(11)5-10-8-4-7(8)3/h6-8,10H,4-5H2,1-3H3. The highest BCUT2D eigenvalue weighted by molar-refractivity contribution is 5.71. The first-order valence-electron chi connectivity index (χ1n) is 4.52. The lowest BCUT2D eigenvalue weighted by Gasteiger charge is -2.07. The molecule has 0 saturated heterocycles. The molecule has 1 rings (SSSR count). The zero-order chi connectivity index (χ0) is 9.14. The summed E-state index contributed by atoms with van der Waals surface area (Å²) in [4.78, 5) is 11.0. The molecule has 0 aromatic heterocycles. The summed E-state index contributed by atoms with van der Waals surface area (Å²) in [5.41, 5.74) is 0. The van der Waals surface area contributed by atoms with Crippen molar-refractivity contribution in [2.45, 2.75) is 39.3 Å². The van der Waals surface area contributed by atoms with E-state index in [0.29, 0.717) is 12.6 Å². The molecule has 12 heavy (non-hydrogen) atoms. The van der Waals surface area contributed by atoms with E-state index in [1.165, 1.54) is 6.42 Å². The Morgan fingerprint density at radius 2 is 2.25 bits per heavy atom. The van der Waals surface area contributed by atoms with Crippen LogP contribution in [0.4, 0.5) is 0 Å². The highest BCUT2D eigenvalue weighted by Crippen LogP contribution is 2.28. The number of carbonyl (C=O) groups excluding carboxylic acids is 1. The molecule has 0 bridgehead atoms. The molecule has 0 aliphatic heterocycles. The molecule has 0 spiro atoms. The maximum absolute atomic E-state index is 11.0. The van der Waals surface area contributed by atoms with Crippen LogP contribution in [0, 0.1) is 5.92 Å². The largest absolute Gasteiger partial charge is 0.462 e. The molecule has 1 N–H and O–H groups in total. The Balaban J connectivity index is 2.03. The summed E-state index contributed by atoms with van der Waals surface area (Å²) >= 11 is 0. The molecule has 2 unspecified atom stereocenters. The van der Waals surface area contributed by atoms with Gasteiger partial charge in [-0.05, 0) is 26.2 Å². The average Bonchev–Trinajstić information content (AvgIpc) is 2.61. The van der Waals surface area contributed by atoms with Crippen molar-refractivity contribution in [3.63, 3.8) is 0 Å². The summed E-state index contributed by atoms with van der Waals surface area (Å²) in [5, 5.41) is 3.14. The number of hydrogen-bond donors (Lipinski definition) is 1. The van der Waals surface area contributed by atoms with Gasteiger partial charge in [0.1, 0.15) is 0 Å². The lowest BCUT2D eigenvalue weighted by Crippen LogP contribution is -2.28. The number of hydrogen-bond acceptors (Lipinski definition) is 3. The van der Waals surface area contributed by atoms with Gasteiger partial charge in [0.25, 0.3) is 0 Å². The van der Waals surface area contributed by atoms with Crippen LogP contribution in [0.5, 0.6) is 0 Å². The summed E-state index contributed by atoms with van der Waals surface area (Å²) in [6.45, 7) is 6.24. The minimum absolute atomic E-state index is 0.00377. The average molecular weight is 171 g/mol. The quantitative estimate of drug-likeness (QED) is 0.640. The van der Waals surface area contributed by atoms with Gasteiger partial charge in [0, 0.05) is 6.04 Å². The second-order valence-electron chi connectivity index (χ2n) is 3.74. The number of carbonyl (C=O) groups is 1. The Morgan fingerprint density at radius 3 is 2.67 bits per heavy atom. The topological polar surface area (TPSA) is 38.3 Å². The van der Waals surface area contributed by atoms with Gasteiger partial charge in [0.15, 0.2) is 0 Å². The predicted molar refractivity (Wildman–Crippen MR) is 46.8 cm³/mol. The molecule has 0 aromatic rings. The van der Waals surface area contributed by atoms with Crippen LogP contribution in [0.15, 0.2) is 0 Å². The van der Waals surface area contributed by atoms with Gasteiger partial charge in [-0.15, -0.1) is 0 Å². The first-order chi connectivity index (χ1) is 5.59. The van der Waals surface area contributed by atoms with Crippen LogP contribution in [0.25, 0.3) is 0 Å². The third-order valence-corrected chi connectivity index (χ3v) is 1.99. The second-order valence-corrected chi connectivity index (χ2v) is 3.74. The third-order valence-electron chi connectivity index (χ3n) is 1.99. The van der Waals surface area contributed by atoms with Crippen LogP contribution in [-0.2, 0) is 9.53 Å². The lowest BCUT2D eigenvalue weighted by atomic mass is 10.4. The van der Waals surface area contributed by atoms with E-state index in [0.717, 1.165) is 5.92 Å². The molecule has 2 atom stereocenters. The molecule has 70 valence electrons. The molecule has 0 radical (unpaired) electrons. The van der Waals surface area contributed by atoms with Crippen LogP contribution < -0.4 is 5.32 Å². The summed E-state index contributed by atoms with van der Waals surface area (Å²) in [6.07, 6.45) is 1.19. The van der Waals surface area contributed by atoms with Crippen molar-refractivity contribution in [2.24, 2.45) is 5.92 Å². The van der Waals surface area contributed by atoms with Crippen LogP contribution >= 0.6 is 0 Å². The molecular weight excluding hydrogens is 154 g/mol. The summed E-state index contributed by atoms with van der Waals surface area (Å²) in [5.74, 6) is 0.584. The van der Waals surface area contributed by atoms with Gasteiger partial charge < -0.3 is 10.1 Å². The summed E-state index contributed by atoms with van der Waals surface area (Å²) in [6, 6.07) is 0.546. The fourth-order valence-electron chi connectivity index (χ4n) is 1.13. The molecule has 3 nitrogen and oxygen atoms in total. The van der Waals surface area contributed by atoms with Gasteiger partial charge in [0.2, 0.25) is 0 Å². The minimum atomic E-state index is -0.149. The van der Waals surface area contributed by atoms with Crippen molar-refractivity contribution in [1.82, 2.24) is 5.32 Å². The molecule has 0 heterocycles. The molecule has 1 aliphatic rings. The van der Waals surface area contributed by atoms with E-state index in [9.17, 15) is 4.79 Å². The van der Waals surface area contributed by atoms with E-state index in [2.05, 4.69) is 12.2 Å². The molecule has 1 aliphatic carbocycles. The highest BCUT2D eigenvalue weighted by atomic mass is 16.5. The molecule has 0 amide bonds. The van der Waals surface area contributed by atoms with Crippen molar-refractivity contribution in [3.05, 3.63) is 0 Å². The van der Waals surface area contributed by atoms with Gasteiger partial charge in [0.05, 0.1) is 12.6 Å². The maximum Gasteiger partial charge on any atom is 0.320 e. The second kappa shape index (κ2) is 3.90. The van der Waals surface area contributed by atoms with Crippen LogP contribution in [0.3, 0.4) is 0 Å². The Morgan fingerprint density at radius 1 is 1.67 bits per heavy atom. The van der Waals surface area contributed by atoms with E-state index in [1.54, 1.807) is 0 Å². The van der Waals surface area contributed by atoms with E-state index >= 15 is 0 Å². The number of ether oxygens (including phenoxy) is 1. The zero-order valence-electron chi connectivity index (χ0n) is 7.96. The number of nitrogens with one attached hydrogen (secondary N) is 1. The Hall–Kier alpha value is -0.570. The SMILES string of the molecule is CC(C)OC(=O)CNC1CC1C. The van der Waals surface area contributed by atoms with E-state index in [-0.39, 0.29) is 12.1 Å². The van der Waals surface area contributed by atoms with Crippen molar-refractivity contribution in [3.8, 4) is 0 Å². The van der Waals surface area contributed by atoms with Crippen LogP contribution in [-0.4, -0.2) is 24.7 Å². The molecule has 1 fully saturated rings. The van der Waals surface area contributed by atoms with Crippen LogP contribution in [0.1, 0.15) is 27.2 Å². The first-order valence-corrected chi connectivity index (χ1v) is 4.52. The van der Waals surface area contributed by atoms with Gasteiger partial charge in [-0.1, -0.05) is 6.92 Å². The van der Waals surface area contributed by atoms with E-state index in [1.807, 2.05) is 13.8 Å². The molecule has 3 heteroatoms. The molecule has 1 saturated carbocycles. The minimum Gasteiger partial charge on any atom is -0.462 e. The fourth-order valence-corrected chi connectivity index (χ4v) is 1.13. The van der Waals surface area contributed by atoms with Crippen molar-refractivity contribution >= 4 is 5.97 Å². The van der Waals surface area contributed by atoms with Gasteiger partial charge >= 0.3 is 5.97 Å². The predicted octanol–water partition coefficient (Wildman–Crippen LogP) is 0.936. The Bertz CT molecular complexity index is 168.